The Kier molecular flexibility index (Phi) is 27.3. The number of nitrogens with one attached hydrogen (secondary N) is 1. The van der Waals surface area contributed by atoms with Gasteiger partial charge in [-0.25, -0.2) is 24.0 Å². The number of carboxylic acids is 1. The Labute approximate surface area is 722 Å². The number of aromatic carboxylic acids is 1. The average molecular weight is 1730 g/mol. The molecule has 9 atom stereocenters. The molecule has 5 aromatic carbocycles. The van der Waals surface area contributed by atoms with Crippen LogP contribution in [0.2, 0.25) is 0 Å². The minimum absolute atomic E-state index is 0.00655. The highest BCUT2D eigenvalue weighted by Gasteiger charge is 2.49. The van der Waals surface area contributed by atoms with Gasteiger partial charge in [0, 0.05) is 95.0 Å². The molecule has 9 aromatic rings. The quantitative estimate of drug-likeness (QED) is 0.0350. The first-order valence-corrected chi connectivity index (χ1v) is 43.4. The molecule has 2 amide bonds. The third kappa shape index (κ3) is 21.9. The van der Waals surface area contributed by atoms with E-state index in [0.29, 0.717) is 118 Å². The number of alkyl halides is 3. The molecule has 4 saturated carbocycles. The van der Waals surface area contributed by atoms with Crippen molar-refractivity contribution < 1.29 is 98.7 Å². The van der Waals surface area contributed by atoms with Crippen molar-refractivity contribution in [3.05, 3.63) is 194 Å². The molecule has 10 fully saturated rings. The van der Waals surface area contributed by atoms with Crippen molar-refractivity contribution in [3.63, 3.8) is 0 Å². The number of carbonyl (C=O) groups excluding carboxylic acids is 6. The van der Waals surface area contributed by atoms with E-state index in [-0.39, 0.29) is 89.6 Å². The number of aromatic nitrogens is 4. The number of aryl methyl sites for hydroxylation is 4. The first-order valence-electron chi connectivity index (χ1n) is 43.0. The minimum atomic E-state index is -4.76. The molecular formula is C95H107ClF3N7O18. The van der Waals surface area contributed by atoms with Gasteiger partial charge in [0.2, 0.25) is 0 Å². The van der Waals surface area contributed by atoms with Gasteiger partial charge in [-0.3, -0.25) is 9.59 Å². The minimum Gasteiger partial charge on any atom is -0.477 e. The Bertz CT molecular complexity index is 5200. The van der Waals surface area contributed by atoms with Gasteiger partial charge >= 0.3 is 36.5 Å². The number of aliphatic hydroxyl groups excluding tert-OH is 1. The fraction of sp³-hybridized carbons (Fsp3) is 0.484. The second-order valence-electron chi connectivity index (χ2n) is 36.0. The van der Waals surface area contributed by atoms with Crippen LogP contribution in [-0.2, 0) is 18.9 Å². The van der Waals surface area contributed by atoms with Crippen LogP contribution in [0.1, 0.15) is 291 Å². The van der Waals surface area contributed by atoms with Crippen molar-refractivity contribution in [3.8, 4) is 50.8 Å². The van der Waals surface area contributed by atoms with Crippen LogP contribution in [0.4, 0.5) is 22.8 Å². The van der Waals surface area contributed by atoms with E-state index in [4.69, 9.17) is 48.6 Å². The first-order chi connectivity index (χ1) is 59.2. The highest BCUT2D eigenvalue weighted by molar-refractivity contribution is 6.68. The first kappa shape index (κ1) is 89.3. The summed E-state index contributed by atoms with van der Waals surface area (Å²) in [6.07, 6.45) is 13.4. The Morgan fingerprint density at radius 2 is 0.758 bits per heavy atom. The number of piperidine rings is 3. The van der Waals surface area contributed by atoms with E-state index in [1.165, 1.54) is 31.0 Å². The Balaban J connectivity index is 0.000000125. The summed E-state index contributed by atoms with van der Waals surface area (Å²) in [5, 5.41) is 38.7. The number of amides is 2. The standard InChI is InChI=1S/C26H32N2O5.C21H24N2O3.C14H12ClNO2.C14H13NO3.C12H21NO3.C8H5F3O2/c1-15-7-5-6-8-20(15)22-21(23(33-27-22)16-9-10-16)24(29)31-19-13-17-11-12-18(14-19)28(17)25(30)32-26(2,3)4;1-12-4-2-3-5-17(12)19-18(20(26-23-19)13-6-7-13)21(24)25-16-10-14-8-9-15(11-16)22-14;1-8-4-2-3-5-10(8)12-11(14(15)17)13(18-16-12)9-6-7-9;1-8-4-2-3-5-10(8)12-11(14(16)17)13(18-15-12)9-6-7-9;1-12(2,3)16-11(15)13-8-4-5-9(13)7-10(14)6-8;9-8(10,11)13-7-4-2-1-3-6(7)5-12/h5-8,16-19H,9-14H2,1-4H3;2-5,13-16,22H,6-11H2,1H3;2-5,9H,6-7H2,1H3;2-5,9H,6-7H2,1H3,(H,16,17);8-10,14H,4-7H2,1-3H3;1-5H/t17-,18+,19?;14-,15+,16?;;;8-,9+,10?;. The van der Waals surface area contributed by atoms with Crippen LogP contribution in [0.3, 0.4) is 0 Å². The van der Waals surface area contributed by atoms with Gasteiger partial charge in [0.05, 0.1) is 11.7 Å². The third-order valence-corrected chi connectivity index (χ3v) is 24.1. The topological polar surface area (TPSA) is 329 Å². The zero-order valence-electron chi connectivity index (χ0n) is 71.4. The molecule has 658 valence electrons. The molecule has 25 nitrogen and oxygen atoms in total. The summed E-state index contributed by atoms with van der Waals surface area (Å²) in [5.41, 5.74) is 10.5. The van der Waals surface area contributed by atoms with Gasteiger partial charge in [0.15, 0.2) is 29.3 Å². The summed E-state index contributed by atoms with van der Waals surface area (Å²) in [6, 6.07) is 37.8. The van der Waals surface area contributed by atoms with E-state index in [9.17, 15) is 56.9 Å². The zero-order valence-corrected chi connectivity index (χ0v) is 72.1. The third-order valence-electron chi connectivity index (χ3n) is 23.9. The molecule has 19 rings (SSSR count). The second-order valence-corrected chi connectivity index (χ2v) is 36.4. The predicted molar refractivity (Wildman–Crippen MR) is 452 cm³/mol. The summed E-state index contributed by atoms with van der Waals surface area (Å²) in [7, 11) is 0. The van der Waals surface area contributed by atoms with E-state index >= 15 is 0 Å². The summed E-state index contributed by atoms with van der Waals surface area (Å²) >= 11 is 5.69. The number of rotatable bonds is 16. The van der Waals surface area contributed by atoms with Gasteiger partial charge in [-0.1, -0.05) is 130 Å². The van der Waals surface area contributed by atoms with Crippen molar-refractivity contribution in [2.45, 2.75) is 293 Å². The summed E-state index contributed by atoms with van der Waals surface area (Å²) in [5.74, 6) is 1.56. The molecule has 0 spiro atoms. The maximum atomic E-state index is 13.4. The van der Waals surface area contributed by atoms with Crippen molar-refractivity contribution >= 4 is 53.2 Å². The number of hydrogen-bond donors (Lipinski definition) is 3. The van der Waals surface area contributed by atoms with Crippen LogP contribution in [-0.4, -0.2) is 154 Å². The SMILES string of the molecule is CC(C)(C)OC(=O)N1[C@@H]2CC[C@H]1CC(O)C2.Cc1ccccc1-c1noc(C2CC2)c1C(=O)Cl.Cc1ccccc1-c1noc(C2CC2)c1C(=O)O.Cc1ccccc1-c1noc(C2CC2)c1C(=O)OC1C[C@H]2CC[C@@H](C1)N2.Cc1ccccc1-c1noc(C2CC2)c1C(=O)OC1C[C@H]2CC[C@@H](C1)N2C(=O)OC(C)(C)C.O=Cc1ccccc1OC(F)(F)F. The molecule has 6 bridgehead atoms. The molecule has 3 unspecified atom stereocenters. The van der Waals surface area contributed by atoms with E-state index < -0.39 is 34.5 Å². The van der Waals surface area contributed by atoms with Gasteiger partial charge in [0.1, 0.15) is 74.2 Å². The number of aliphatic hydroxyl groups is 1. The van der Waals surface area contributed by atoms with Crippen LogP contribution in [0, 0.1) is 27.7 Å². The fourth-order valence-electron chi connectivity index (χ4n) is 17.5. The Morgan fingerprint density at radius 1 is 0.444 bits per heavy atom. The maximum Gasteiger partial charge on any atom is 0.573 e. The lowest BCUT2D eigenvalue weighted by Gasteiger charge is -2.39. The monoisotopic (exact) mass is 1730 g/mol. The lowest BCUT2D eigenvalue weighted by atomic mass is 9.99. The van der Waals surface area contributed by atoms with Crippen molar-refractivity contribution in [2.75, 3.05) is 0 Å². The largest absolute Gasteiger partial charge is 0.573 e. The van der Waals surface area contributed by atoms with E-state index in [2.05, 4.69) is 30.7 Å². The number of carboxylic acid groups (broad SMARTS) is 1. The number of aldehydes is 1. The van der Waals surface area contributed by atoms with Crippen molar-refractivity contribution in [1.82, 2.24) is 35.7 Å². The van der Waals surface area contributed by atoms with E-state index in [1.807, 2.05) is 176 Å². The molecule has 4 aliphatic carbocycles. The van der Waals surface area contributed by atoms with Crippen molar-refractivity contribution in [1.29, 1.82) is 0 Å². The number of para-hydroxylation sites is 1. The van der Waals surface area contributed by atoms with Crippen LogP contribution >= 0.6 is 11.6 Å². The highest BCUT2D eigenvalue weighted by Crippen LogP contribution is 2.50. The van der Waals surface area contributed by atoms with Crippen molar-refractivity contribution in [2.24, 2.45) is 0 Å². The van der Waals surface area contributed by atoms with Gasteiger partial charge in [-0.15, -0.1) is 13.2 Å². The summed E-state index contributed by atoms with van der Waals surface area (Å²) in [6.45, 7) is 19.2. The summed E-state index contributed by atoms with van der Waals surface area (Å²) in [4.78, 5) is 88.3. The normalized spacial score (nSPS) is 22.1. The molecule has 6 aliphatic heterocycles. The number of hydrogen-bond acceptors (Lipinski definition) is 22. The molecule has 3 N–H and O–H groups in total. The van der Waals surface area contributed by atoms with Gasteiger partial charge in [0.25, 0.3) is 5.24 Å². The van der Waals surface area contributed by atoms with Crippen LogP contribution < -0.4 is 10.1 Å². The smallest absolute Gasteiger partial charge is 0.477 e. The maximum absolute atomic E-state index is 13.4. The Morgan fingerprint density at radius 3 is 1.09 bits per heavy atom. The summed E-state index contributed by atoms with van der Waals surface area (Å²) < 4.78 is 83.7. The number of benzene rings is 5. The number of fused-ring (bicyclic) bond motifs is 6. The van der Waals surface area contributed by atoms with Gasteiger partial charge in [-0.05, 0) is 231 Å². The van der Waals surface area contributed by atoms with E-state index in [0.717, 1.165) is 140 Å². The van der Waals surface area contributed by atoms with Crippen LogP contribution in [0.25, 0.3) is 45.0 Å². The van der Waals surface area contributed by atoms with Crippen LogP contribution in [0.5, 0.6) is 5.75 Å². The molecule has 4 aromatic heterocycles. The van der Waals surface area contributed by atoms with Crippen LogP contribution in [0.15, 0.2) is 139 Å². The number of halogens is 4. The lowest BCUT2D eigenvalue weighted by molar-refractivity contribution is -0.274. The highest BCUT2D eigenvalue weighted by atomic mass is 35.5. The fourth-order valence-corrected chi connectivity index (χ4v) is 17.7. The molecular weight excluding hydrogens is 1620 g/mol. The molecule has 0 radical (unpaired) electrons. The molecule has 6 saturated heterocycles. The Hall–Kier alpha value is -11.0. The predicted octanol–water partition coefficient (Wildman–Crippen LogP) is 21.0. The number of carbonyl (C=O) groups is 7. The molecule has 10 heterocycles. The molecule has 10 aliphatic rings. The number of esters is 2. The zero-order chi connectivity index (χ0) is 88.2. The lowest BCUT2D eigenvalue weighted by Crippen LogP contribution is -2.50. The average Bonchev–Trinajstić information content (AvgIpc) is 1.63. The second kappa shape index (κ2) is 37.8. The van der Waals surface area contributed by atoms with Gasteiger partial charge in [-0.2, -0.15) is 0 Å². The molecule has 29 heteroatoms. The number of ether oxygens (including phenoxy) is 5. The molecule has 124 heavy (non-hydrogen) atoms. The van der Waals surface area contributed by atoms with E-state index in [1.54, 1.807) is 0 Å². The number of nitrogens with zero attached hydrogens (tertiary/aromatic N) is 6. The van der Waals surface area contributed by atoms with Gasteiger partial charge < -0.3 is 67.1 Å².